The maximum atomic E-state index is 11.4. The van der Waals surface area contributed by atoms with Gasteiger partial charge < -0.3 is 15.2 Å². The molecule has 0 aromatic heterocycles. The number of hydrogen-bond acceptors (Lipinski definition) is 4. The van der Waals surface area contributed by atoms with E-state index in [0.29, 0.717) is 5.69 Å². The van der Waals surface area contributed by atoms with Crippen molar-refractivity contribution in [3.63, 3.8) is 0 Å². The van der Waals surface area contributed by atoms with Crippen LogP contribution in [0.25, 0.3) is 0 Å². The van der Waals surface area contributed by atoms with Crippen LogP contribution in [-0.2, 0) is 20.7 Å². The van der Waals surface area contributed by atoms with Crippen LogP contribution in [0, 0.1) is 0 Å². The van der Waals surface area contributed by atoms with Crippen LogP contribution in [0.3, 0.4) is 0 Å². The number of carbonyl (C=O) groups excluding carboxylic acids is 1. The first-order valence-corrected chi connectivity index (χ1v) is 5.14. The average molecular weight is 223 g/mol. The van der Waals surface area contributed by atoms with E-state index in [-0.39, 0.29) is 25.1 Å². The zero-order valence-corrected chi connectivity index (χ0v) is 9.60. The summed E-state index contributed by atoms with van der Waals surface area (Å²) in [5.74, 6) is -0.256. The van der Waals surface area contributed by atoms with Crippen LogP contribution in [0.2, 0.25) is 0 Å². The molecule has 2 N–H and O–H groups in total. The van der Waals surface area contributed by atoms with Gasteiger partial charge >= 0.3 is 5.97 Å². The molecule has 0 spiro atoms. The SMILES string of the molecule is COC(C)COC(=O)Cc1ccc(N)cc1. The lowest BCUT2D eigenvalue weighted by Gasteiger charge is -2.10. The zero-order chi connectivity index (χ0) is 12.0. The number of hydrogen-bond donors (Lipinski definition) is 1. The van der Waals surface area contributed by atoms with Gasteiger partial charge in [0.15, 0.2) is 0 Å². The summed E-state index contributed by atoms with van der Waals surface area (Å²) in [5, 5.41) is 0. The molecule has 1 unspecified atom stereocenters. The highest BCUT2D eigenvalue weighted by atomic mass is 16.6. The molecule has 1 aromatic carbocycles. The summed E-state index contributed by atoms with van der Waals surface area (Å²) >= 11 is 0. The predicted molar refractivity (Wildman–Crippen MR) is 62.0 cm³/mol. The monoisotopic (exact) mass is 223 g/mol. The number of anilines is 1. The molecule has 1 aromatic rings. The second kappa shape index (κ2) is 6.12. The highest BCUT2D eigenvalue weighted by molar-refractivity contribution is 5.72. The van der Waals surface area contributed by atoms with E-state index >= 15 is 0 Å². The predicted octanol–water partition coefficient (Wildman–Crippen LogP) is 1.39. The van der Waals surface area contributed by atoms with Gasteiger partial charge in [0.2, 0.25) is 0 Å². The lowest BCUT2D eigenvalue weighted by Crippen LogP contribution is -2.18. The summed E-state index contributed by atoms with van der Waals surface area (Å²) < 4.78 is 10.0. The van der Waals surface area contributed by atoms with E-state index in [0.717, 1.165) is 5.56 Å². The Labute approximate surface area is 95.3 Å². The summed E-state index contributed by atoms with van der Waals surface area (Å²) in [5.41, 5.74) is 7.12. The van der Waals surface area contributed by atoms with Crippen molar-refractivity contribution in [1.29, 1.82) is 0 Å². The molecule has 4 nitrogen and oxygen atoms in total. The van der Waals surface area contributed by atoms with Gasteiger partial charge in [-0.1, -0.05) is 12.1 Å². The number of rotatable bonds is 5. The van der Waals surface area contributed by atoms with Crippen molar-refractivity contribution in [1.82, 2.24) is 0 Å². The third-order valence-corrected chi connectivity index (χ3v) is 2.21. The second-order valence-corrected chi connectivity index (χ2v) is 3.65. The standard InChI is InChI=1S/C12H17NO3/c1-9(15-2)8-16-12(14)7-10-3-5-11(13)6-4-10/h3-6,9H,7-8,13H2,1-2H3. The minimum atomic E-state index is -0.256. The van der Waals surface area contributed by atoms with Crippen LogP contribution in [0.4, 0.5) is 5.69 Å². The molecule has 0 saturated heterocycles. The van der Waals surface area contributed by atoms with Gasteiger partial charge in [-0.15, -0.1) is 0 Å². The highest BCUT2D eigenvalue weighted by Crippen LogP contribution is 2.06. The van der Waals surface area contributed by atoms with E-state index in [1.807, 2.05) is 19.1 Å². The molecule has 1 atom stereocenters. The van der Waals surface area contributed by atoms with Gasteiger partial charge in [0.05, 0.1) is 12.5 Å². The molecule has 0 aliphatic rings. The van der Waals surface area contributed by atoms with Gasteiger partial charge in [-0.3, -0.25) is 4.79 Å². The number of nitrogens with two attached hydrogens (primary N) is 1. The van der Waals surface area contributed by atoms with Crippen molar-refractivity contribution in [2.75, 3.05) is 19.5 Å². The third kappa shape index (κ3) is 4.31. The number of esters is 1. The minimum absolute atomic E-state index is 0.0737. The number of methoxy groups -OCH3 is 1. The van der Waals surface area contributed by atoms with Crippen molar-refractivity contribution < 1.29 is 14.3 Å². The molecule has 0 saturated carbocycles. The summed E-state index contributed by atoms with van der Waals surface area (Å²) in [6, 6.07) is 7.16. The highest BCUT2D eigenvalue weighted by Gasteiger charge is 2.07. The molecule has 16 heavy (non-hydrogen) atoms. The van der Waals surface area contributed by atoms with Crippen molar-refractivity contribution >= 4 is 11.7 Å². The smallest absolute Gasteiger partial charge is 0.310 e. The Morgan fingerprint density at radius 3 is 2.56 bits per heavy atom. The van der Waals surface area contributed by atoms with Gasteiger partial charge in [0, 0.05) is 12.8 Å². The van der Waals surface area contributed by atoms with E-state index in [1.54, 1.807) is 19.2 Å². The summed E-state index contributed by atoms with van der Waals surface area (Å²) in [6.07, 6.45) is 0.187. The van der Waals surface area contributed by atoms with E-state index in [2.05, 4.69) is 0 Å². The molecule has 0 bridgehead atoms. The van der Waals surface area contributed by atoms with Gasteiger partial charge in [-0.25, -0.2) is 0 Å². The van der Waals surface area contributed by atoms with Gasteiger partial charge in [0.1, 0.15) is 6.61 Å². The summed E-state index contributed by atoms with van der Waals surface area (Å²) in [4.78, 5) is 11.4. The van der Waals surface area contributed by atoms with Crippen LogP contribution < -0.4 is 5.73 Å². The molecule has 88 valence electrons. The molecule has 0 fully saturated rings. The van der Waals surface area contributed by atoms with E-state index in [9.17, 15) is 4.79 Å². The Balaban J connectivity index is 2.37. The molecule has 0 aliphatic carbocycles. The summed E-state index contributed by atoms with van der Waals surface area (Å²) in [6.45, 7) is 2.13. The molecule has 0 heterocycles. The molecular formula is C12H17NO3. The molecular weight excluding hydrogens is 206 g/mol. The van der Waals surface area contributed by atoms with Crippen LogP contribution in [0.15, 0.2) is 24.3 Å². The van der Waals surface area contributed by atoms with E-state index < -0.39 is 0 Å². The van der Waals surface area contributed by atoms with Gasteiger partial charge in [0.25, 0.3) is 0 Å². The Morgan fingerprint density at radius 2 is 2.00 bits per heavy atom. The Kier molecular flexibility index (Phi) is 4.79. The van der Waals surface area contributed by atoms with Crippen LogP contribution in [0.1, 0.15) is 12.5 Å². The fraction of sp³-hybridized carbons (Fsp3) is 0.417. The normalized spacial score (nSPS) is 12.1. The van der Waals surface area contributed by atoms with Crippen molar-refractivity contribution in [3.8, 4) is 0 Å². The maximum Gasteiger partial charge on any atom is 0.310 e. The Morgan fingerprint density at radius 1 is 1.38 bits per heavy atom. The van der Waals surface area contributed by atoms with Crippen LogP contribution in [-0.4, -0.2) is 25.8 Å². The third-order valence-electron chi connectivity index (χ3n) is 2.21. The van der Waals surface area contributed by atoms with Crippen LogP contribution in [0.5, 0.6) is 0 Å². The molecule has 0 aliphatic heterocycles. The first-order valence-electron chi connectivity index (χ1n) is 5.14. The number of ether oxygens (including phenoxy) is 2. The van der Waals surface area contributed by atoms with Crippen LogP contribution >= 0.6 is 0 Å². The molecule has 1 rings (SSSR count). The number of benzene rings is 1. The van der Waals surface area contributed by atoms with E-state index in [1.165, 1.54) is 0 Å². The zero-order valence-electron chi connectivity index (χ0n) is 9.60. The van der Waals surface area contributed by atoms with Crippen molar-refractivity contribution in [2.24, 2.45) is 0 Å². The Hall–Kier alpha value is -1.55. The number of nitrogen functional groups attached to an aromatic ring is 1. The molecule has 0 amide bonds. The largest absolute Gasteiger partial charge is 0.463 e. The molecule has 4 heteroatoms. The summed E-state index contributed by atoms with van der Waals surface area (Å²) in [7, 11) is 1.58. The topological polar surface area (TPSA) is 61.5 Å². The van der Waals surface area contributed by atoms with E-state index in [4.69, 9.17) is 15.2 Å². The van der Waals surface area contributed by atoms with Gasteiger partial charge in [-0.05, 0) is 24.6 Å². The fourth-order valence-corrected chi connectivity index (χ4v) is 1.13. The average Bonchev–Trinajstić information content (AvgIpc) is 2.29. The Bertz CT molecular complexity index is 335. The quantitative estimate of drug-likeness (QED) is 0.605. The fourth-order valence-electron chi connectivity index (χ4n) is 1.13. The molecule has 0 radical (unpaired) electrons. The first kappa shape index (κ1) is 12.5. The van der Waals surface area contributed by atoms with Crippen molar-refractivity contribution in [3.05, 3.63) is 29.8 Å². The maximum absolute atomic E-state index is 11.4. The number of carbonyl (C=O) groups is 1. The lowest BCUT2D eigenvalue weighted by atomic mass is 10.1. The first-order chi connectivity index (χ1) is 7.61. The second-order valence-electron chi connectivity index (χ2n) is 3.65. The van der Waals surface area contributed by atoms with Crippen molar-refractivity contribution in [2.45, 2.75) is 19.4 Å². The van der Waals surface area contributed by atoms with Gasteiger partial charge in [-0.2, -0.15) is 0 Å². The lowest BCUT2D eigenvalue weighted by molar-refractivity contribution is -0.146. The minimum Gasteiger partial charge on any atom is -0.463 e.